The lowest BCUT2D eigenvalue weighted by Gasteiger charge is -2.40. The predicted octanol–water partition coefficient (Wildman–Crippen LogP) is 4.74. The van der Waals surface area contributed by atoms with E-state index in [4.69, 9.17) is 10.7 Å². The Morgan fingerprint density at radius 1 is 1.11 bits per heavy atom. The number of nitrogens with one attached hydrogen (secondary N) is 1. The van der Waals surface area contributed by atoms with Crippen molar-refractivity contribution < 1.29 is 4.79 Å². The van der Waals surface area contributed by atoms with E-state index in [9.17, 15) is 4.79 Å². The zero-order valence-electron chi connectivity index (χ0n) is 16.6. The molecule has 4 nitrogen and oxygen atoms in total. The molecule has 0 saturated heterocycles. The second-order valence-electron chi connectivity index (χ2n) is 9.22. The fourth-order valence-corrected chi connectivity index (χ4v) is 5.22. The number of anilines is 2. The highest BCUT2D eigenvalue weighted by Crippen LogP contribution is 2.51. The summed E-state index contributed by atoms with van der Waals surface area (Å²) in [7, 11) is 0. The van der Waals surface area contributed by atoms with E-state index in [0.717, 1.165) is 65.3 Å². The summed E-state index contributed by atoms with van der Waals surface area (Å²) >= 11 is 0. The Hall–Kier alpha value is -2.62. The Balaban J connectivity index is 1.77. The number of fused-ring (bicyclic) bond motifs is 2. The van der Waals surface area contributed by atoms with Gasteiger partial charge in [-0.1, -0.05) is 44.2 Å². The summed E-state index contributed by atoms with van der Waals surface area (Å²) in [6, 6.07) is 10.3. The Kier molecular flexibility index (Phi) is 3.87. The molecular weight excluding hydrogens is 346 g/mol. The number of benzene rings is 1. The highest BCUT2D eigenvalue weighted by molar-refractivity contribution is 6.02. The first-order valence-corrected chi connectivity index (χ1v) is 10.3. The zero-order chi connectivity index (χ0) is 19.5. The molecule has 0 radical (unpaired) electrons. The first kappa shape index (κ1) is 17.5. The highest BCUT2D eigenvalue weighted by Gasteiger charge is 2.42. The van der Waals surface area contributed by atoms with Crippen LogP contribution in [0.5, 0.6) is 0 Å². The van der Waals surface area contributed by atoms with Crippen LogP contribution in [0.3, 0.4) is 0 Å². The number of hydrogen-bond acceptors (Lipinski definition) is 4. The minimum atomic E-state index is -0.129. The molecule has 0 bridgehead atoms. The average molecular weight is 374 g/mol. The monoisotopic (exact) mass is 373 g/mol. The lowest BCUT2D eigenvalue weighted by molar-refractivity contribution is -0.118. The molecule has 1 aromatic heterocycles. The standard InChI is InChI=1S/C24H27N3O/c1-24(2)12-17-20(18(28)13-24)19(14-8-4-3-5-9-14)21-22(25)15-10-6-7-11-16(15)26-23(21)27-17/h3-5,8-9,19H,6-7,10-13H2,1-2H3,(H3,25,26,27)/t19-/m0/s1. The number of nitrogens with zero attached hydrogens (tertiary/aromatic N) is 1. The maximum Gasteiger partial charge on any atom is 0.162 e. The molecule has 0 saturated carbocycles. The van der Waals surface area contributed by atoms with Crippen molar-refractivity contribution in [3.05, 3.63) is 64.0 Å². The van der Waals surface area contributed by atoms with Crippen LogP contribution in [0.4, 0.5) is 11.5 Å². The second-order valence-corrected chi connectivity index (χ2v) is 9.22. The number of Topliss-reactive ketones (excluding diaryl/α,β-unsaturated/α-hetero) is 1. The summed E-state index contributed by atoms with van der Waals surface area (Å²) in [5.41, 5.74) is 13.9. The van der Waals surface area contributed by atoms with Gasteiger partial charge in [-0.2, -0.15) is 0 Å². The maximum absolute atomic E-state index is 13.3. The van der Waals surface area contributed by atoms with Crippen molar-refractivity contribution in [3.8, 4) is 0 Å². The fourth-order valence-electron chi connectivity index (χ4n) is 5.22. The molecule has 1 atom stereocenters. The molecule has 2 aliphatic carbocycles. The van der Waals surface area contributed by atoms with Crippen LogP contribution in [0.25, 0.3) is 0 Å². The summed E-state index contributed by atoms with van der Waals surface area (Å²) in [4.78, 5) is 18.3. The number of aromatic nitrogens is 1. The number of nitrogens with two attached hydrogens (primary N) is 1. The Bertz CT molecular complexity index is 1000. The van der Waals surface area contributed by atoms with Crippen LogP contribution in [0.2, 0.25) is 0 Å². The van der Waals surface area contributed by atoms with E-state index in [-0.39, 0.29) is 17.1 Å². The molecule has 144 valence electrons. The normalized spacial score (nSPS) is 22.8. The molecule has 1 aliphatic heterocycles. The number of carbonyl (C=O) groups is 1. The summed E-state index contributed by atoms with van der Waals surface area (Å²) in [5, 5.41) is 3.54. The molecular formula is C24H27N3O. The van der Waals surface area contributed by atoms with Crippen LogP contribution in [-0.4, -0.2) is 10.8 Å². The molecule has 2 heterocycles. The third kappa shape index (κ3) is 2.66. The molecule has 5 rings (SSSR count). The van der Waals surface area contributed by atoms with Crippen LogP contribution in [-0.2, 0) is 17.6 Å². The van der Waals surface area contributed by atoms with Gasteiger partial charge in [0.25, 0.3) is 0 Å². The van der Waals surface area contributed by atoms with Crippen LogP contribution in [0.1, 0.15) is 67.8 Å². The van der Waals surface area contributed by atoms with Gasteiger partial charge in [0.2, 0.25) is 0 Å². The van der Waals surface area contributed by atoms with Gasteiger partial charge in [0, 0.05) is 40.6 Å². The molecule has 3 N–H and O–H groups in total. The van der Waals surface area contributed by atoms with Crippen molar-refractivity contribution in [1.82, 2.24) is 4.98 Å². The molecule has 4 heteroatoms. The Morgan fingerprint density at radius 2 is 1.86 bits per heavy atom. The number of rotatable bonds is 1. The lowest BCUT2D eigenvalue weighted by atomic mass is 9.68. The predicted molar refractivity (Wildman–Crippen MR) is 112 cm³/mol. The molecule has 0 amide bonds. The van der Waals surface area contributed by atoms with E-state index in [1.54, 1.807) is 0 Å². The first-order chi connectivity index (χ1) is 13.4. The minimum absolute atomic E-state index is 0.0403. The van der Waals surface area contributed by atoms with Crippen molar-refractivity contribution >= 4 is 17.3 Å². The van der Waals surface area contributed by atoms with Crippen LogP contribution in [0.15, 0.2) is 41.6 Å². The van der Waals surface area contributed by atoms with Crippen molar-refractivity contribution in [2.24, 2.45) is 5.41 Å². The lowest BCUT2D eigenvalue weighted by Crippen LogP contribution is -2.35. The Morgan fingerprint density at radius 3 is 2.64 bits per heavy atom. The number of nitrogen functional groups attached to an aromatic ring is 1. The van der Waals surface area contributed by atoms with Gasteiger partial charge in [-0.3, -0.25) is 4.79 Å². The second kappa shape index (κ2) is 6.20. The van der Waals surface area contributed by atoms with E-state index in [1.165, 1.54) is 12.0 Å². The SMILES string of the molecule is CC1(C)CC(=O)C2=C(C1)Nc1nc3c(c(N)c1[C@H]2c1ccccc1)CCCC3. The van der Waals surface area contributed by atoms with Gasteiger partial charge >= 0.3 is 0 Å². The fraction of sp³-hybridized carbons (Fsp3) is 0.417. The van der Waals surface area contributed by atoms with Gasteiger partial charge < -0.3 is 11.1 Å². The minimum Gasteiger partial charge on any atom is -0.398 e. The van der Waals surface area contributed by atoms with Gasteiger partial charge in [-0.25, -0.2) is 4.98 Å². The number of aryl methyl sites for hydroxylation is 1. The molecule has 2 aromatic rings. The number of ketones is 1. The van der Waals surface area contributed by atoms with Gasteiger partial charge in [-0.05, 0) is 48.6 Å². The van der Waals surface area contributed by atoms with Gasteiger partial charge in [-0.15, -0.1) is 0 Å². The summed E-state index contributed by atoms with van der Waals surface area (Å²) in [6.45, 7) is 4.33. The highest BCUT2D eigenvalue weighted by atomic mass is 16.1. The van der Waals surface area contributed by atoms with Crippen LogP contribution in [0, 0.1) is 5.41 Å². The van der Waals surface area contributed by atoms with E-state index in [0.29, 0.717) is 6.42 Å². The molecule has 3 aliphatic rings. The van der Waals surface area contributed by atoms with E-state index in [2.05, 4.69) is 31.3 Å². The van der Waals surface area contributed by atoms with Crippen molar-refractivity contribution in [1.29, 1.82) is 0 Å². The smallest absolute Gasteiger partial charge is 0.162 e. The number of allylic oxidation sites excluding steroid dienone is 2. The molecule has 0 spiro atoms. The summed E-state index contributed by atoms with van der Waals surface area (Å²) in [6.07, 6.45) is 5.72. The zero-order valence-corrected chi connectivity index (χ0v) is 16.6. The number of carbonyl (C=O) groups excluding carboxylic acids is 1. The van der Waals surface area contributed by atoms with Gasteiger partial charge in [0.05, 0.1) is 0 Å². The first-order valence-electron chi connectivity index (χ1n) is 10.3. The van der Waals surface area contributed by atoms with Crippen LogP contribution < -0.4 is 11.1 Å². The van der Waals surface area contributed by atoms with Crippen molar-refractivity contribution in [3.63, 3.8) is 0 Å². The van der Waals surface area contributed by atoms with Crippen LogP contribution >= 0.6 is 0 Å². The molecule has 0 fully saturated rings. The number of hydrogen-bond donors (Lipinski definition) is 2. The largest absolute Gasteiger partial charge is 0.398 e. The maximum atomic E-state index is 13.3. The van der Waals surface area contributed by atoms with Gasteiger partial charge in [0.1, 0.15) is 5.82 Å². The van der Waals surface area contributed by atoms with Gasteiger partial charge in [0.15, 0.2) is 5.78 Å². The average Bonchev–Trinajstić information content (AvgIpc) is 2.66. The summed E-state index contributed by atoms with van der Waals surface area (Å²) in [5.74, 6) is 0.961. The third-order valence-electron chi connectivity index (χ3n) is 6.46. The van der Waals surface area contributed by atoms with E-state index < -0.39 is 0 Å². The molecule has 28 heavy (non-hydrogen) atoms. The third-order valence-corrected chi connectivity index (χ3v) is 6.46. The topological polar surface area (TPSA) is 68.0 Å². The van der Waals surface area contributed by atoms with E-state index in [1.807, 2.05) is 18.2 Å². The molecule has 1 aromatic carbocycles. The molecule has 0 unspecified atom stereocenters. The van der Waals surface area contributed by atoms with Crippen molar-refractivity contribution in [2.45, 2.75) is 58.3 Å². The Labute approximate surface area is 166 Å². The summed E-state index contributed by atoms with van der Waals surface area (Å²) < 4.78 is 0. The number of pyridine rings is 1. The van der Waals surface area contributed by atoms with Crippen molar-refractivity contribution in [2.75, 3.05) is 11.1 Å². The van der Waals surface area contributed by atoms with E-state index >= 15 is 0 Å². The quantitative estimate of drug-likeness (QED) is 0.757.